The lowest BCUT2D eigenvalue weighted by Gasteiger charge is -2.01. The average Bonchev–Trinajstić information content (AvgIpc) is 2.75. The number of rotatable bonds is 4. The number of carboxylic acids is 1. The molecule has 16 heavy (non-hydrogen) atoms. The molecular formula is C9H9N5O2. The molecule has 0 aromatic carbocycles. The molecule has 0 aliphatic rings. The summed E-state index contributed by atoms with van der Waals surface area (Å²) < 4.78 is 1.46. The third kappa shape index (κ3) is 2.19. The summed E-state index contributed by atoms with van der Waals surface area (Å²) in [5.41, 5.74) is 0.811. The topological polar surface area (TPSA) is 93.8 Å². The molecule has 0 aliphatic carbocycles. The molecule has 0 fully saturated rings. The number of aromatic nitrogens is 5. The van der Waals surface area contributed by atoms with E-state index >= 15 is 0 Å². The van der Waals surface area contributed by atoms with Crippen LogP contribution in [0.2, 0.25) is 0 Å². The van der Waals surface area contributed by atoms with Crippen LogP contribution in [0.5, 0.6) is 0 Å². The Bertz CT molecular complexity index is 482. The van der Waals surface area contributed by atoms with Crippen molar-refractivity contribution in [2.45, 2.75) is 13.0 Å². The van der Waals surface area contributed by atoms with Crippen LogP contribution in [0.3, 0.4) is 0 Å². The van der Waals surface area contributed by atoms with Gasteiger partial charge in [0.05, 0.1) is 13.0 Å². The monoisotopic (exact) mass is 219 g/mol. The zero-order chi connectivity index (χ0) is 11.4. The van der Waals surface area contributed by atoms with E-state index in [4.69, 9.17) is 5.11 Å². The second-order valence-corrected chi connectivity index (χ2v) is 3.11. The lowest BCUT2D eigenvalue weighted by atomic mass is 10.2. The maximum atomic E-state index is 10.5. The van der Waals surface area contributed by atoms with Crippen LogP contribution in [0.15, 0.2) is 24.5 Å². The minimum atomic E-state index is -0.879. The van der Waals surface area contributed by atoms with Gasteiger partial charge in [-0.3, -0.25) is 9.78 Å². The fraction of sp³-hybridized carbons (Fsp3) is 0.222. The number of aliphatic carboxylic acids is 1. The molecule has 0 aliphatic heterocycles. The zero-order valence-electron chi connectivity index (χ0n) is 8.32. The maximum Gasteiger partial charge on any atom is 0.305 e. The highest BCUT2D eigenvalue weighted by Gasteiger charge is 2.09. The number of aryl methyl sites for hydroxylation is 1. The molecule has 0 radical (unpaired) electrons. The van der Waals surface area contributed by atoms with Crippen molar-refractivity contribution in [1.82, 2.24) is 25.2 Å². The fourth-order valence-corrected chi connectivity index (χ4v) is 1.26. The van der Waals surface area contributed by atoms with E-state index in [9.17, 15) is 4.79 Å². The predicted molar refractivity (Wildman–Crippen MR) is 53.3 cm³/mol. The highest BCUT2D eigenvalue weighted by atomic mass is 16.4. The quantitative estimate of drug-likeness (QED) is 0.789. The number of pyridine rings is 1. The molecule has 0 spiro atoms. The zero-order valence-corrected chi connectivity index (χ0v) is 8.32. The van der Waals surface area contributed by atoms with E-state index in [0.717, 1.165) is 5.56 Å². The van der Waals surface area contributed by atoms with Gasteiger partial charge in [-0.25, -0.2) is 4.68 Å². The van der Waals surface area contributed by atoms with Gasteiger partial charge in [-0.15, -0.1) is 5.10 Å². The summed E-state index contributed by atoms with van der Waals surface area (Å²) >= 11 is 0. The Morgan fingerprint density at radius 3 is 2.81 bits per heavy atom. The molecule has 82 valence electrons. The van der Waals surface area contributed by atoms with Crippen molar-refractivity contribution < 1.29 is 9.90 Å². The van der Waals surface area contributed by atoms with Crippen LogP contribution in [0.25, 0.3) is 11.4 Å². The summed E-state index contributed by atoms with van der Waals surface area (Å²) in [4.78, 5) is 14.3. The van der Waals surface area contributed by atoms with Gasteiger partial charge in [-0.05, 0) is 22.6 Å². The number of hydrogen-bond donors (Lipinski definition) is 1. The van der Waals surface area contributed by atoms with Crippen LogP contribution in [0.1, 0.15) is 6.42 Å². The van der Waals surface area contributed by atoms with Crippen LogP contribution in [0, 0.1) is 0 Å². The molecule has 2 aromatic rings. The first-order valence-electron chi connectivity index (χ1n) is 4.66. The van der Waals surface area contributed by atoms with E-state index in [1.807, 2.05) is 0 Å². The minimum absolute atomic E-state index is 0.0108. The summed E-state index contributed by atoms with van der Waals surface area (Å²) in [6.07, 6.45) is 3.25. The Kier molecular flexibility index (Phi) is 2.86. The maximum absolute atomic E-state index is 10.5. The SMILES string of the molecule is O=C(O)CCn1nnnc1-c1ccncc1. The van der Waals surface area contributed by atoms with Gasteiger partial charge >= 0.3 is 5.97 Å². The van der Waals surface area contributed by atoms with E-state index in [1.165, 1.54) is 4.68 Å². The molecule has 0 saturated carbocycles. The van der Waals surface area contributed by atoms with Gasteiger partial charge in [-0.1, -0.05) is 0 Å². The molecule has 7 nitrogen and oxygen atoms in total. The third-order valence-corrected chi connectivity index (χ3v) is 2.01. The molecule has 0 atom stereocenters. The van der Waals surface area contributed by atoms with Crippen LogP contribution >= 0.6 is 0 Å². The normalized spacial score (nSPS) is 10.2. The number of tetrazole rings is 1. The van der Waals surface area contributed by atoms with Gasteiger partial charge in [0.2, 0.25) is 0 Å². The molecule has 0 amide bonds. The lowest BCUT2D eigenvalue weighted by Crippen LogP contribution is -2.07. The van der Waals surface area contributed by atoms with Gasteiger partial charge in [-0.2, -0.15) is 0 Å². The van der Waals surface area contributed by atoms with Crippen LogP contribution in [0.4, 0.5) is 0 Å². The predicted octanol–water partition coefficient (Wildman–Crippen LogP) is 0.210. The first-order valence-corrected chi connectivity index (χ1v) is 4.66. The van der Waals surface area contributed by atoms with Crippen molar-refractivity contribution in [3.05, 3.63) is 24.5 Å². The standard InChI is InChI=1S/C9H9N5O2/c15-8(16)3-6-14-9(11-12-13-14)7-1-4-10-5-2-7/h1-2,4-5H,3,6H2,(H,15,16). The van der Waals surface area contributed by atoms with Gasteiger partial charge in [0.15, 0.2) is 5.82 Å². The van der Waals surface area contributed by atoms with Crippen LogP contribution in [-0.2, 0) is 11.3 Å². The van der Waals surface area contributed by atoms with Gasteiger partial charge in [0.1, 0.15) is 0 Å². The van der Waals surface area contributed by atoms with Crippen LogP contribution < -0.4 is 0 Å². The fourth-order valence-electron chi connectivity index (χ4n) is 1.26. The minimum Gasteiger partial charge on any atom is -0.481 e. The Hall–Kier alpha value is -2.31. The number of hydrogen-bond acceptors (Lipinski definition) is 5. The summed E-state index contributed by atoms with van der Waals surface area (Å²) in [6, 6.07) is 3.53. The second-order valence-electron chi connectivity index (χ2n) is 3.11. The summed E-state index contributed by atoms with van der Waals surface area (Å²) in [5.74, 6) is -0.333. The molecule has 1 N–H and O–H groups in total. The second kappa shape index (κ2) is 4.47. The van der Waals surface area contributed by atoms with Gasteiger partial charge in [0, 0.05) is 18.0 Å². The highest BCUT2D eigenvalue weighted by Crippen LogP contribution is 2.13. The molecule has 2 aromatic heterocycles. The van der Waals surface area contributed by atoms with E-state index in [0.29, 0.717) is 5.82 Å². The number of carboxylic acid groups (broad SMARTS) is 1. The molecule has 2 rings (SSSR count). The Morgan fingerprint density at radius 2 is 2.12 bits per heavy atom. The summed E-state index contributed by atoms with van der Waals surface area (Å²) in [6.45, 7) is 0.250. The van der Waals surface area contributed by atoms with Crippen molar-refractivity contribution >= 4 is 5.97 Å². The molecule has 0 unspecified atom stereocenters. The van der Waals surface area contributed by atoms with Crippen molar-refractivity contribution in [2.24, 2.45) is 0 Å². The average molecular weight is 219 g/mol. The molecule has 0 saturated heterocycles. The first kappa shape index (κ1) is 10.2. The van der Waals surface area contributed by atoms with Crippen molar-refractivity contribution in [3.63, 3.8) is 0 Å². The van der Waals surface area contributed by atoms with E-state index < -0.39 is 5.97 Å². The summed E-state index contributed by atoms with van der Waals surface area (Å²) in [5, 5.41) is 19.7. The Labute approximate surface area is 90.7 Å². The largest absolute Gasteiger partial charge is 0.481 e. The number of nitrogens with zero attached hydrogens (tertiary/aromatic N) is 5. The molecule has 7 heteroatoms. The highest BCUT2D eigenvalue weighted by molar-refractivity contribution is 5.66. The molecule has 0 bridgehead atoms. The van der Waals surface area contributed by atoms with E-state index in [2.05, 4.69) is 20.5 Å². The summed E-state index contributed by atoms with van der Waals surface area (Å²) in [7, 11) is 0. The van der Waals surface area contributed by atoms with Crippen LogP contribution in [-0.4, -0.2) is 36.3 Å². The smallest absolute Gasteiger partial charge is 0.305 e. The third-order valence-electron chi connectivity index (χ3n) is 2.01. The van der Waals surface area contributed by atoms with Crippen molar-refractivity contribution in [3.8, 4) is 11.4 Å². The Morgan fingerprint density at radius 1 is 1.38 bits per heavy atom. The Balaban J connectivity index is 2.23. The van der Waals surface area contributed by atoms with Crippen molar-refractivity contribution in [2.75, 3.05) is 0 Å². The number of carbonyl (C=O) groups is 1. The van der Waals surface area contributed by atoms with E-state index in [-0.39, 0.29) is 13.0 Å². The van der Waals surface area contributed by atoms with Gasteiger partial charge < -0.3 is 5.11 Å². The lowest BCUT2D eigenvalue weighted by molar-refractivity contribution is -0.137. The first-order chi connectivity index (χ1) is 7.77. The molecular weight excluding hydrogens is 210 g/mol. The van der Waals surface area contributed by atoms with E-state index in [1.54, 1.807) is 24.5 Å². The van der Waals surface area contributed by atoms with Crippen molar-refractivity contribution in [1.29, 1.82) is 0 Å². The molecule has 2 heterocycles. The van der Waals surface area contributed by atoms with Gasteiger partial charge in [0.25, 0.3) is 0 Å².